The van der Waals surface area contributed by atoms with Gasteiger partial charge in [0.1, 0.15) is 12.1 Å². The highest BCUT2D eigenvalue weighted by atomic mass is 31.2. The van der Waals surface area contributed by atoms with Crippen molar-refractivity contribution in [2.45, 2.75) is 0 Å². The highest BCUT2D eigenvalue weighted by molar-refractivity contribution is 7.66. The van der Waals surface area contributed by atoms with Crippen LogP contribution in [0.25, 0.3) is 0 Å². The van der Waals surface area contributed by atoms with Crippen LogP contribution in [0.5, 0.6) is 5.75 Å². The lowest BCUT2D eigenvalue weighted by Gasteiger charge is -2.13. The van der Waals surface area contributed by atoms with Crippen molar-refractivity contribution in [2.75, 3.05) is 13.0 Å². The molecule has 0 saturated heterocycles. The maximum absolute atomic E-state index is 11.5. The van der Waals surface area contributed by atoms with Gasteiger partial charge in [-0.2, -0.15) is 0 Å². The molecule has 1 unspecified atom stereocenters. The van der Waals surface area contributed by atoms with Crippen molar-refractivity contribution in [1.29, 1.82) is 0 Å². The Kier molecular flexibility index (Phi) is 4.06. The molecule has 16 heavy (non-hydrogen) atoms. The van der Waals surface area contributed by atoms with E-state index in [0.717, 1.165) is 0 Å². The van der Waals surface area contributed by atoms with Crippen molar-refractivity contribution >= 4 is 18.6 Å². The van der Waals surface area contributed by atoms with E-state index in [1.807, 2.05) is 0 Å². The Balaban J connectivity index is 3.01. The number of benzene rings is 1. The number of para-hydroxylation sites is 1. The summed E-state index contributed by atoms with van der Waals surface area (Å²) in [5, 5.41) is 17.1. The fourth-order valence-corrected chi connectivity index (χ4v) is 2.04. The minimum atomic E-state index is -3.89. The second-order valence-electron chi connectivity index (χ2n) is 2.99. The third-order valence-corrected chi connectivity index (χ3v) is 3.29. The minimum absolute atomic E-state index is 0.00946. The van der Waals surface area contributed by atoms with Crippen LogP contribution in [0.15, 0.2) is 24.3 Å². The van der Waals surface area contributed by atoms with Crippen molar-refractivity contribution in [2.24, 2.45) is 0 Å². The molecule has 1 aromatic rings. The van der Waals surface area contributed by atoms with E-state index in [2.05, 4.69) is 0 Å². The lowest BCUT2D eigenvalue weighted by atomic mass is 10.3. The molecule has 0 amide bonds. The van der Waals surface area contributed by atoms with Gasteiger partial charge in [0, 0.05) is 0 Å². The Hall–Kier alpha value is -1.36. The fraction of sp³-hybridized carbons (Fsp3) is 0.222. The molecule has 1 atom stereocenters. The SMILES string of the molecule is O=C(O)COc1ccccc1P(=O)(O)CO. The fourth-order valence-electron chi connectivity index (χ4n) is 1.08. The zero-order valence-electron chi connectivity index (χ0n) is 8.24. The topological polar surface area (TPSA) is 104 Å². The summed E-state index contributed by atoms with van der Waals surface area (Å²) in [5.74, 6) is -1.20. The number of carbonyl (C=O) groups is 1. The summed E-state index contributed by atoms with van der Waals surface area (Å²) in [5.41, 5.74) is 0. The smallest absolute Gasteiger partial charge is 0.341 e. The highest BCUT2D eigenvalue weighted by Gasteiger charge is 2.24. The van der Waals surface area contributed by atoms with E-state index in [1.165, 1.54) is 24.3 Å². The van der Waals surface area contributed by atoms with Gasteiger partial charge in [-0.15, -0.1) is 0 Å². The Bertz CT molecular complexity index is 430. The molecule has 0 aliphatic heterocycles. The van der Waals surface area contributed by atoms with Gasteiger partial charge in [-0.1, -0.05) is 12.1 Å². The minimum Gasteiger partial charge on any atom is -0.481 e. The lowest BCUT2D eigenvalue weighted by Crippen LogP contribution is -2.16. The van der Waals surface area contributed by atoms with E-state index >= 15 is 0 Å². The average Bonchev–Trinajstić information content (AvgIpc) is 2.26. The number of carboxylic acid groups (broad SMARTS) is 1. The first-order valence-corrected chi connectivity index (χ1v) is 6.18. The molecule has 7 heteroatoms. The van der Waals surface area contributed by atoms with Crippen LogP contribution in [0.3, 0.4) is 0 Å². The standard InChI is InChI=1S/C9H11O6P/c10-6-16(13,14)8-4-2-1-3-7(8)15-5-9(11)12/h1-4,10H,5-6H2,(H,11,12)(H,13,14). The Labute approximate surface area is 91.6 Å². The summed E-state index contributed by atoms with van der Waals surface area (Å²) in [4.78, 5) is 19.7. The van der Waals surface area contributed by atoms with Crippen LogP contribution in [0, 0.1) is 0 Å². The first kappa shape index (κ1) is 12.7. The van der Waals surface area contributed by atoms with E-state index < -0.39 is 26.3 Å². The number of aliphatic hydroxyl groups is 1. The largest absolute Gasteiger partial charge is 0.481 e. The van der Waals surface area contributed by atoms with E-state index in [1.54, 1.807) is 0 Å². The van der Waals surface area contributed by atoms with Crippen molar-refractivity contribution in [3.63, 3.8) is 0 Å². The summed E-state index contributed by atoms with van der Waals surface area (Å²) in [6, 6.07) is 5.73. The first-order valence-electron chi connectivity index (χ1n) is 4.34. The summed E-state index contributed by atoms with van der Waals surface area (Å²) in [7, 11) is -3.89. The molecule has 0 aliphatic carbocycles. The highest BCUT2D eigenvalue weighted by Crippen LogP contribution is 2.40. The third kappa shape index (κ3) is 3.06. The van der Waals surface area contributed by atoms with Crippen LogP contribution in [0.2, 0.25) is 0 Å². The number of rotatable bonds is 5. The maximum Gasteiger partial charge on any atom is 0.341 e. The molecule has 0 aliphatic rings. The lowest BCUT2D eigenvalue weighted by molar-refractivity contribution is -0.139. The molecule has 1 aromatic carbocycles. The monoisotopic (exact) mass is 246 g/mol. The average molecular weight is 246 g/mol. The van der Waals surface area contributed by atoms with Crippen molar-refractivity contribution in [3.8, 4) is 5.75 Å². The Morgan fingerprint density at radius 3 is 2.56 bits per heavy atom. The third-order valence-electron chi connectivity index (χ3n) is 1.78. The van der Waals surface area contributed by atoms with Crippen LogP contribution in [-0.2, 0) is 9.36 Å². The van der Waals surface area contributed by atoms with E-state index in [-0.39, 0.29) is 11.1 Å². The van der Waals surface area contributed by atoms with Gasteiger partial charge in [0.15, 0.2) is 6.61 Å². The summed E-state index contributed by atoms with van der Waals surface area (Å²) in [6.45, 7) is -0.609. The van der Waals surface area contributed by atoms with E-state index in [9.17, 15) is 14.3 Å². The predicted molar refractivity (Wildman–Crippen MR) is 56.1 cm³/mol. The normalized spacial score (nSPS) is 14.1. The molecule has 0 radical (unpaired) electrons. The molecule has 0 heterocycles. The van der Waals surface area contributed by atoms with Gasteiger partial charge in [0.25, 0.3) is 7.37 Å². The zero-order chi connectivity index (χ0) is 12.2. The van der Waals surface area contributed by atoms with Gasteiger partial charge in [-0.25, -0.2) is 4.79 Å². The quantitative estimate of drug-likeness (QED) is 0.631. The van der Waals surface area contributed by atoms with Crippen LogP contribution in [0.4, 0.5) is 0 Å². The predicted octanol–water partition coefficient (Wildman–Crippen LogP) is -0.00450. The van der Waals surface area contributed by atoms with Gasteiger partial charge in [-0.05, 0) is 12.1 Å². The second kappa shape index (κ2) is 5.12. The molecule has 0 spiro atoms. The number of hydrogen-bond donors (Lipinski definition) is 3. The second-order valence-corrected chi connectivity index (χ2v) is 5.16. The van der Waals surface area contributed by atoms with E-state index in [4.69, 9.17) is 14.9 Å². The van der Waals surface area contributed by atoms with E-state index in [0.29, 0.717) is 0 Å². The molecule has 1 rings (SSSR count). The number of aliphatic hydroxyl groups excluding tert-OH is 1. The number of aliphatic carboxylic acids is 1. The molecule has 0 bridgehead atoms. The van der Waals surface area contributed by atoms with Crippen LogP contribution in [0.1, 0.15) is 0 Å². The van der Waals surface area contributed by atoms with Crippen molar-refractivity contribution in [3.05, 3.63) is 24.3 Å². The Morgan fingerprint density at radius 1 is 1.38 bits per heavy atom. The molecular formula is C9H11O6P. The molecule has 88 valence electrons. The Morgan fingerprint density at radius 2 is 2.00 bits per heavy atom. The maximum atomic E-state index is 11.5. The van der Waals surface area contributed by atoms with Gasteiger partial charge < -0.3 is 19.8 Å². The molecule has 0 fully saturated rings. The van der Waals surface area contributed by atoms with Gasteiger partial charge in [0.2, 0.25) is 0 Å². The molecule has 6 nitrogen and oxygen atoms in total. The number of hydrogen-bond acceptors (Lipinski definition) is 4. The van der Waals surface area contributed by atoms with Crippen LogP contribution >= 0.6 is 7.37 Å². The summed E-state index contributed by atoms with van der Waals surface area (Å²) in [6.07, 6.45) is -0.916. The van der Waals surface area contributed by atoms with Crippen molar-refractivity contribution in [1.82, 2.24) is 0 Å². The molecule has 3 N–H and O–H groups in total. The van der Waals surface area contributed by atoms with Crippen molar-refractivity contribution < 1.29 is 29.2 Å². The van der Waals surface area contributed by atoms with Crippen LogP contribution in [-0.4, -0.2) is 34.0 Å². The van der Waals surface area contributed by atoms with Gasteiger partial charge in [-0.3, -0.25) is 4.57 Å². The number of carboxylic acids is 1. The number of ether oxygens (including phenoxy) is 1. The first-order chi connectivity index (χ1) is 7.47. The van der Waals surface area contributed by atoms with Gasteiger partial charge in [0.05, 0.1) is 5.30 Å². The molecule has 0 saturated carbocycles. The molecular weight excluding hydrogens is 235 g/mol. The van der Waals surface area contributed by atoms with Crippen LogP contribution < -0.4 is 10.0 Å². The summed E-state index contributed by atoms with van der Waals surface area (Å²) >= 11 is 0. The zero-order valence-corrected chi connectivity index (χ0v) is 9.13. The van der Waals surface area contributed by atoms with Gasteiger partial charge >= 0.3 is 5.97 Å². The molecule has 0 aromatic heterocycles. The summed E-state index contributed by atoms with van der Waals surface area (Å²) < 4.78 is 16.4.